The van der Waals surface area contributed by atoms with E-state index >= 15 is 0 Å². The van der Waals surface area contributed by atoms with Crippen LogP contribution >= 0.6 is 11.8 Å². The van der Waals surface area contributed by atoms with E-state index in [9.17, 15) is 9.90 Å². The van der Waals surface area contributed by atoms with Crippen LogP contribution in [0.5, 0.6) is 5.75 Å². The van der Waals surface area contributed by atoms with Crippen molar-refractivity contribution in [3.63, 3.8) is 0 Å². The first-order chi connectivity index (χ1) is 8.96. The van der Waals surface area contributed by atoms with Gasteiger partial charge in [-0.05, 0) is 33.8 Å². The fourth-order valence-electron chi connectivity index (χ4n) is 2.18. The van der Waals surface area contributed by atoms with Gasteiger partial charge in [-0.25, -0.2) is 0 Å². The minimum absolute atomic E-state index is 0.149. The maximum absolute atomic E-state index is 11.7. The van der Waals surface area contributed by atoms with Crippen LogP contribution in [0, 0.1) is 0 Å². The zero-order valence-electron chi connectivity index (χ0n) is 13.6. The summed E-state index contributed by atoms with van der Waals surface area (Å²) < 4.78 is 0. The second kappa shape index (κ2) is 5.80. The Morgan fingerprint density at radius 2 is 1.45 bits per heavy atom. The number of phenolic OH excluding ortho intramolecular Hbond substituents is 1. The van der Waals surface area contributed by atoms with Gasteiger partial charge in [0, 0.05) is 6.42 Å². The van der Waals surface area contributed by atoms with Gasteiger partial charge in [-0.15, -0.1) is 0 Å². The molecule has 1 aromatic carbocycles. The maximum Gasteiger partial charge on any atom is 0.193 e. The van der Waals surface area contributed by atoms with Crippen molar-refractivity contribution in [2.45, 2.75) is 58.8 Å². The first-order valence-electron chi connectivity index (χ1n) is 6.90. The van der Waals surface area contributed by atoms with Crippen LogP contribution < -0.4 is 0 Å². The number of hydrogen-bond donors (Lipinski definition) is 1. The fraction of sp³-hybridized carbons (Fsp3) is 0.588. The van der Waals surface area contributed by atoms with E-state index in [1.165, 1.54) is 11.8 Å². The summed E-state index contributed by atoms with van der Waals surface area (Å²) >= 11 is 1.25. The zero-order valence-corrected chi connectivity index (χ0v) is 14.4. The van der Waals surface area contributed by atoms with Crippen molar-refractivity contribution >= 4 is 16.9 Å². The highest BCUT2D eigenvalue weighted by molar-refractivity contribution is 8.13. The van der Waals surface area contributed by atoms with Crippen LogP contribution in [0.2, 0.25) is 0 Å². The van der Waals surface area contributed by atoms with Gasteiger partial charge >= 0.3 is 0 Å². The van der Waals surface area contributed by atoms with Gasteiger partial charge in [-0.2, -0.15) is 0 Å². The Hall–Kier alpha value is -0.960. The number of benzene rings is 1. The Kier molecular flexibility index (Phi) is 4.96. The second-order valence-corrected chi connectivity index (χ2v) is 8.16. The van der Waals surface area contributed by atoms with Crippen molar-refractivity contribution in [1.82, 2.24) is 0 Å². The van der Waals surface area contributed by atoms with Crippen molar-refractivity contribution in [2.24, 2.45) is 0 Å². The summed E-state index contributed by atoms with van der Waals surface area (Å²) in [5.74, 6) is 0.366. The molecule has 0 aliphatic heterocycles. The average molecular weight is 294 g/mol. The van der Waals surface area contributed by atoms with E-state index in [0.29, 0.717) is 12.2 Å². The standard InChI is InChI=1S/C17H26O2S/c1-16(2,3)12-8-11(10-14(18)20-7)9-13(15(12)19)17(4,5)6/h8-9,19H,10H2,1-7H3. The second-order valence-electron chi connectivity index (χ2n) is 7.29. The van der Waals surface area contributed by atoms with Gasteiger partial charge in [0.25, 0.3) is 0 Å². The van der Waals surface area contributed by atoms with Gasteiger partial charge in [0.1, 0.15) is 5.75 Å². The summed E-state index contributed by atoms with van der Waals surface area (Å²) in [6, 6.07) is 3.94. The van der Waals surface area contributed by atoms with E-state index in [1.54, 1.807) is 6.26 Å². The first-order valence-corrected chi connectivity index (χ1v) is 8.13. The summed E-state index contributed by atoms with van der Waals surface area (Å²) in [5, 5.41) is 10.7. The first kappa shape index (κ1) is 17.1. The molecule has 0 amide bonds. The molecule has 0 radical (unpaired) electrons. The third-order valence-corrected chi connectivity index (χ3v) is 3.96. The summed E-state index contributed by atoms with van der Waals surface area (Å²) in [7, 11) is 0. The number of aromatic hydroxyl groups is 1. The quantitative estimate of drug-likeness (QED) is 0.877. The lowest BCUT2D eigenvalue weighted by Gasteiger charge is -2.28. The molecule has 20 heavy (non-hydrogen) atoms. The van der Waals surface area contributed by atoms with Gasteiger partial charge in [0.05, 0.1) is 0 Å². The van der Waals surface area contributed by atoms with E-state index < -0.39 is 0 Å². The van der Waals surface area contributed by atoms with E-state index in [4.69, 9.17) is 0 Å². The number of carbonyl (C=O) groups excluding carboxylic acids is 1. The molecular weight excluding hydrogens is 268 g/mol. The lowest BCUT2D eigenvalue weighted by Crippen LogP contribution is -2.18. The highest BCUT2D eigenvalue weighted by Gasteiger charge is 2.26. The molecule has 0 bridgehead atoms. The molecule has 0 saturated carbocycles. The van der Waals surface area contributed by atoms with Crippen molar-refractivity contribution in [2.75, 3.05) is 6.26 Å². The Labute approximate surface area is 127 Å². The van der Waals surface area contributed by atoms with Crippen LogP contribution in [0.4, 0.5) is 0 Å². The van der Waals surface area contributed by atoms with Gasteiger partial charge in [0.2, 0.25) is 0 Å². The van der Waals surface area contributed by atoms with Crippen LogP contribution in [0.25, 0.3) is 0 Å². The number of carbonyl (C=O) groups is 1. The molecule has 3 heteroatoms. The topological polar surface area (TPSA) is 37.3 Å². The minimum atomic E-state index is -0.150. The number of thioether (sulfide) groups is 1. The summed E-state index contributed by atoms with van der Waals surface area (Å²) in [4.78, 5) is 11.7. The number of hydrogen-bond acceptors (Lipinski definition) is 3. The molecule has 0 fully saturated rings. The molecule has 0 heterocycles. The van der Waals surface area contributed by atoms with Gasteiger partial charge in [0.15, 0.2) is 5.12 Å². The molecule has 112 valence electrons. The Bertz CT molecular complexity index is 470. The van der Waals surface area contributed by atoms with E-state index in [1.807, 2.05) is 12.1 Å². The van der Waals surface area contributed by atoms with Crippen LogP contribution in [0.3, 0.4) is 0 Å². The summed E-state index contributed by atoms with van der Waals surface area (Å²) in [6.07, 6.45) is 2.21. The van der Waals surface area contributed by atoms with Crippen LogP contribution in [0.15, 0.2) is 12.1 Å². The van der Waals surface area contributed by atoms with Gasteiger partial charge < -0.3 is 5.11 Å². The van der Waals surface area contributed by atoms with Crippen LogP contribution in [-0.2, 0) is 22.0 Å². The molecule has 0 aliphatic rings. The largest absolute Gasteiger partial charge is 0.507 e. The van der Waals surface area contributed by atoms with E-state index in [2.05, 4.69) is 41.5 Å². The molecule has 0 atom stereocenters. The number of rotatable bonds is 2. The molecular formula is C17H26O2S. The van der Waals surface area contributed by atoms with Crippen LogP contribution in [-0.4, -0.2) is 16.5 Å². The molecule has 0 unspecified atom stereocenters. The smallest absolute Gasteiger partial charge is 0.193 e. The predicted molar refractivity (Wildman–Crippen MR) is 87.7 cm³/mol. The predicted octanol–water partition coefficient (Wildman–Crippen LogP) is 4.42. The average Bonchev–Trinajstić information content (AvgIpc) is 2.28. The normalized spacial score (nSPS) is 12.6. The fourth-order valence-corrected chi connectivity index (χ4v) is 2.49. The van der Waals surface area contributed by atoms with E-state index in [0.717, 1.165) is 16.7 Å². The monoisotopic (exact) mass is 294 g/mol. The molecule has 0 saturated heterocycles. The molecule has 1 N–H and O–H groups in total. The highest BCUT2D eigenvalue weighted by Crippen LogP contribution is 2.39. The Morgan fingerprint density at radius 3 is 1.75 bits per heavy atom. The molecule has 1 rings (SSSR count). The zero-order chi connectivity index (χ0) is 15.7. The van der Waals surface area contributed by atoms with Crippen molar-refractivity contribution in [1.29, 1.82) is 0 Å². The maximum atomic E-state index is 11.7. The summed E-state index contributed by atoms with van der Waals surface area (Å²) in [6.45, 7) is 12.5. The third-order valence-electron chi connectivity index (χ3n) is 3.36. The highest BCUT2D eigenvalue weighted by atomic mass is 32.2. The van der Waals surface area contributed by atoms with Crippen molar-refractivity contribution in [3.8, 4) is 5.75 Å². The molecule has 0 aliphatic carbocycles. The SMILES string of the molecule is CSC(=O)Cc1cc(C(C)(C)C)c(O)c(C(C)(C)C)c1. The molecule has 0 aromatic heterocycles. The van der Waals surface area contributed by atoms with Crippen molar-refractivity contribution < 1.29 is 9.90 Å². The Morgan fingerprint density at radius 1 is 1.05 bits per heavy atom. The molecule has 2 nitrogen and oxygen atoms in total. The van der Waals surface area contributed by atoms with Crippen LogP contribution in [0.1, 0.15) is 58.2 Å². The number of phenols is 1. The molecule has 1 aromatic rings. The molecule has 0 spiro atoms. The van der Waals surface area contributed by atoms with Gasteiger partial charge in [-0.3, -0.25) is 4.79 Å². The van der Waals surface area contributed by atoms with E-state index in [-0.39, 0.29) is 15.9 Å². The lowest BCUT2D eigenvalue weighted by atomic mass is 9.78. The van der Waals surface area contributed by atoms with Gasteiger partial charge in [-0.1, -0.05) is 65.4 Å². The lowest BCUT2D eigenvalue weighted by molar-refractivity contribution is -0.110. The Balaban J connectivity index is 3.46. The minimum Gasteiger partial charge on any atom is -0.507 e. The van der Waals surface area contributed by atoms with Crippen molar-refractivity contribution in [3.05, 3.63) is 28.8 Å². The summed E-state index contributed by atoms with van der Waals surface area (Å²) in [5.41, 5.74) is 2.50. The third kappa shape index (κ3) is 4.02.